The van der Waals surface area contributed by atoms with Gasteiger partial charge in [-0.1, -0.05) is 19.3 Å². The second-order valence-electron chi connectivity index (χ2n) is 4.61. The van der Waals surface area contributed by atoms with Gasteiger partial charge in [0.05, 0.1) is 5.41 Å². The molecule has 0 aromatic heterocycles. The number of carbonyl (C=O) groups is 3. The number of carbonyl (C=O) groups excluding carboxylic acids is 2. The Balaban J connectivity index is 0.000000181. The van der Waals surface area contributed by atoms with E-state index in [2.05, 4.69) is 0 Å². The first-order valence-corrected chi connectivity index (χ1v) is 5.70. The van der Waals surface area contributed by atoms with E-state index in [9.17, 15) is 14.4 Å². The summed E-state index contributed by atoms with van der Waals surface area (Å²) in [5, 5.41) is 10.8. The zero-order valence-corrected chi connectivity index (χ0v) is 9.86. The largest absolute Gasteiger partial charge is 0.481 e. The molecule has 1 aliphatic carbocycles. The fourth-order valence-electron chi connectivity index (χ4n) is 1.90. The first-order chi connectivity index (χ1) is 7.94. The van der Waals surface area contributed by atoms with Crippen molar-refractivity contribution >= 4 is 17.8 Å². The normalized spacial score (nSPS) is 21.5. The van der Waals surface area contributed by atoms with Gasteiger partial charge < -0.3 is 5.11 Å². The fourth-order valence-corrected chi connectivity index (χ4v) is 1.90. The molecule has 94 valence electrons. The van der Waals surface area contributed by atoms with Crippen LogP contribution in [0.5, 0.6) is 0 Å². The van der Waals surface area contributed by atoms with Crippen LogP contribution < -0.4 is 5.32 Å². The molecule has 1 aliphatic heterocycles. The lowest BCUT2D eigenvalue weighted by Crippen LogP contribution is -2.29. The molecular weight excluding hydrogens is 222 g/mol. The lowest BCUT2D eigenvalue weighted by atomic mass is 9.76. The van der Waals surface area contributed by atoms with Crippen LogP contribution in [0.2, 0.25) is 0 Å². The predicted octanol–water partition coefficient (Wildman–Crippen LogP) is 1.24. The molecule has 0 aromatic rings. The van der Waals surface area contributed by atoms with Gasteiger partial charge in [0, 0.05) is 12.2 Å². The molecule has 1 fully saturated rings. The summed E-state index contributed by atoms with van der Waals surface area (Å²) in [5.74, 6) is -1.28. The van der Waals surface area contributed by atoms with E-state index in [0.29, 0.717) is 0 Å². The number of carboxylic acid groups (broad SMARTS) is 1. The summed E-state index contributed by atoms with van der Waals surface area (Å²) in [6, 6.07) is 0. The van der Waals surface area contributed by atoms with E-state index in [1.54, 1.807) is 0 Å². The highest BCUT2D eigenvalue weighted by molar-refractivity contribution is 6.12. The van der Waals surface area contributed by atoms with Crippen molar-refractivity contribution in [2.45, 2.75) is 39.0 Å². The van der Waals surface area contributed by atoms with Crippen molar-refractivity contribution in [3.8, 4) is 0 Å². The van der Waals surface area contributed by atoms with E-state index in [-0.39, 0.29) is 11.8 Å². The Kier molecular flexibility index (Phi) is 4.43. The fraction of sp³-hybridized carbons (Fsp3) is 0.583. The summed E-state index contributed by atoms with van der Waals surface area (Å²) in [5.41, 5.74) is -0.405. The van der Waals surface area contributed by atoms with Gasteiger partial charge in [-0.2, -0.15) is 0 Å². The van der Waals surface area contributed by atoms with E-state index >= 15 is 0 Å². The first-order valence-electron chi connectivity index (χ1n) is 5.70. The molecule has 2 N–H and O–H groups in total. The van der Waals surface area contributed by atoms with E-state index in [4.69, 9.17) is 5.11 Å². The van der Waals surface area contributed by atoms with E-state index in [1.165, 1.54) is 18.6 Å². The van der Waals surface area contributed by atoms with Gasteiger partial charge in [-0.15, -0.1) is 0 Å². The third-order valence-electron chi connectivity index (χ3n) is 3.11. The highest BCUT2D eigenvalue weighted by Crippen LogP contribution is 2.35. The Morgan fingerprint density at radius 2 is 1.65 bits per heavy atom. The Morgan fingerprint density at radius 3 is 1.88 bits per heavy atom. The number of aliphatic carboxylic acids is 1. The van der Waals surface area contributed by atoms with Gasteiger partial charge in [0.15, 0.2) is 0 Å². The van der Waals surface area contributed by atoms with Crippen LogP contribution in [0, 0.1) is 5.41 Å². The first kappa shape index (κ1) is 13.4. The molecule has 1 heterocycles. The third-order valence-corrected chi connectivity index (χ3v) is 3.11. The van der Waals surface area contributed by atoms with Gasteiger partial charge in [0.25, 0.3) is 11.8 Å². The van der Waals surface area contributed by atoms with Crippen molar-refractivity contribution in [2.75, 3.05) is 0 Å². The van der Waals surface area contributed by atoms with Gasteiger partial charge in [-0.25, -0.2) is 0 Å². The van der Waals surface area contributed by atoms with Crippen molar-refractivity contribution in [1.29, 1.82) is 0 Å². The number of nitrogens with one attached hydrogen (secondary N) is 1. The number of hydrogen-bond donors (Lipinski definition) is 2. The maximum Gasteiger partial charge on any atom is 0.309 e. The minimum atomic E-state index is -0.618. The molecule has 0 bridgehead atoms. The maximum absolute atomic E-state index is 10.7. The molecule has 2 aliphatic rings. The van der Waals surface area contributed by atoms with E-state index in [0.717, 1.165) is 25.7 Å². The molecule has 5 nitrogen and oxygen atoms in total. The van der Waals surface area contributed by atoms with Crippen LogP contribution in [-0.2, 0) is 14.4 Å². The van der Waals surface area contributed by atoms with E-state index in [1.807, 2.05) is 12.2 Å². The predicted molar refractivity (Wildman–Crippen MR) is 61.1 cm³/mol. The van der Waals surface area contributed by atoms with Crippen LogP contribution in [0.3, 0.4) is 0 Å². The molecule has 17 heavy (non-hydrogen) atoms. The van der Waals surface area contributed by atoms with Crippen molar-refractivity contribution in [3.05, 3.63) is 12.2 Å². The van der Waals surface area contributed by atoms with Gasteiger partial charge >= 0.3 is 5.97 Å². The number of carboxylic acids is 1. The standard InChI is InChI=1S/C8H14O2.C4H3NO2/c1-8(7(9)10)5-3-2-4-6-8;6-3-1-2-4(7)5-3/h2-6H2,1H3,(H,9,10);1-2H,(H,5,6,7). The Morgan fingerprint density at radius 1 is 1.18 bits per heavy atom. The second kappa shape index (κ2) is 5.61. The number of imide groups is 1. The SMILES string of the molecule is CC1(C(=O)O)CCCCC1.O=C1C=CC(=O)N1. The molecule has 0 aromatic carbocycles. The van der Waals surface area contributed by atoms with Crippen LogP contribution in [0.15, 0.2) is 12.2 Å². The smallest absolute Gasteiger partial charge is 0.309 e. The summed E-state index contributed by atoms with van der Waals surface area (Å²) >= 11 is 0. The molecular formula is C12H17NO4. The molecule has 2 amide bonds. The number of amides is 2. The molecule has 0 unspecified atom stereocenters. The monoisotopic (exact) mass is 239 g/mol. The Hall–Kier alpha value is -1.65. The molecule has 2 rings (SSSR count). The summed E-state index contributed by atoms with van der Waals surface area (Å²) in [4.78, 5) is 30.7. The number of rotatable bonds is 1. The van der Waals surface area contributed by atoms with Crippen LogP contribution in [-0.4, -0.2) is 22.9 Å². The molecule has 0 saturated heterocycles. The lowest BCUT2D eigenvalue weighted by Gasteiger charge is -2.28. The average molecular weight is 239 g/mol. The van der Waals surface area contributed by atoms with Crippen molar-refractivity contribution in [3.63, 3.8) is 0 Å². The van der Waals surface area contributed by atoms with Crippen LogP contribution in [0.1, 0.15) is 39.0 Å². The summed E-state index contributed by atoms with van der Waals surface area (Å²) in [6.45, 7) is 1.86. The van der Waals surface area contributed by atoms with Crippen molar-refractivity contribution < 1.29 is 19.5 Å². The van der Waals surface area contributed by atoms with Crippen molar-refractivity contribution in [2.24, 2.45) is 5.41 Å². The zero-order chi connectivity index (χ0) is 12.9. The highest BCUT2D eigenvalue weighted by atomic mass is 16.4. The highest BCUT2D eigenvalue weighted by Gasteiger charge is 2.33. The quantitative estimate of drug-likeness (QED) is 0.674. The summed E-state index contributed by atoms with van der Waals surface area (Å²) in [7, 11) is 0. The van der Waals surface area contributed by atoms with Gasteiger partial charge in [-0.3, -0.25) is 19.7 Å². The number of hydrogen-bond acceptors (Lipinski definition) is 3. The second-order valence-corrected chi connectivity index (χ2v) is 4.61. The van der Waals surface area contributed by atoms with Crippen LogP contribution >= 0.6 is 0 Å². The summed E-state index contributed by atoms with van der Waals surface area (Å²) < 4.78 is 0. The Bertz CT molecular complexity index is 338. The van der Waals surface area contributed by atoms with Gasteiger partial charge in [0.2, 0.25) is 0 Å². The van der Waals surface area contributed by atoms with Crippen molar-refractivity contribution in [1.82, 2.24) is 5.32 Å². The topological polar surface area (TPSA) is 83.5 Å². The minimum Gasteiger partial charge on any atom is -0.481 e. The summed E-state index contributed by atoms with van der Waals surface area (Å²) in [6.07, 6.45) is 7.50. The maximum atomic E-state index is 10.7. The third kappa shape index (κ3) is 4.01. The minimum absolute atomic E-state index is 0.329. The molecule has 0 radical (unpaired) electrons. The zero-order valence-electron chi connectivity index (χ0n) is 9.86. The lowest BCUT2D eigenvalue weighted by molar-refractivity contribution is -0.149. The molecule has 5 heteroatoms. The van der Waals surface area contributed by atoms with Crippen LogP contribution in [0.25, 0.3) is 0 Å². The molecule has 0 atom stereocenters. The average Bonchev–Trinajstić information content (AvgIpc) is 2.64. The molecule has 1 saturated carbocycles. The van der Waals surface area contributed by atoms with Gasteiger partial charge in [0.1, 0.15) is 0 Å². The van der Waals surface area contributed by atoms with Crippen LogP contribution in [0.4, 0.5) is 0 Å². The van der Waals surface area contributed by atoms with E-state index < -0.39 is 11.4 Å². The molecule has 0 spiro atoms. The Labute approximate surface area is 99.9 Å². The van der Waals surface area contributed by atoms with Gasteiger partial charge in [-0.05, 0) is 19.8 Å².